The van der Waals surface area contributed by atoms with Crippen LogP contribution in [0.15, 0.2) is 30.3 Å². The van der Waals surface area contributed by atoms with Crippen molar-refractivity contribution in [2.24, 2.45) is 5.92 Å². The van der Waals surface area contributed by atoms with E-state index in [9.17, 15) is 10.2 Å². The average Bonchev–Trinajstić information content (AvgIpc) is 2.40. The second-order valence-corrected chi connectivity index (χ2v) is 5.13. The standard InChI is InChI=1S/C15H22O2/c16-14(12-7-3-1-4-8-12)11-15(17)13-9-5-2-6-10-13/h1,3-4,7-8,13-17H,2,5-6,9-11H2/t14-,15-/m1/s1. The molecule has 0 amide bonds. The first-order valence-electron chi connectivity index (χ1n) is 6.68. The van der Waals surface area contributed by atoms with Gasteiger partial charge in [0.25, 0.3) is 0 Å². The lowest BCUT2D eigenvalue weighted by molar-refractivity contribution is 0.0304. The van der Waals surface area contributed by atoms with Crippen LogP contribution in [0.1, 0.15) is 50.2 Å². The van der Waals surface area contributed by atoms with Gasteiger partial charge in [-0.15, -0.1) is 0 Å². The Hall–Kier alpha value is -0.860. The van der Waals surface area contributed by atoms with Gasteiger partial charge < -0.3 is 10.2 Å². The Morgan fingerprint density at radius 1 is 1.00 bits per heavy atom. The van der Waals surface area contributed by atoms with Gasteiger partial charge >= 0.3 is 0 Å². The minimum Gasteiger partial charge on any atom is -0.393 e. The smallest absolute Gasteiger partial charge is 0.0814 e. The molecule has 0 saturated heterocycles. The van der Waals surface area contributed by atoms with Gasteiger partial charge in [-0.1, -0.05) is 49.6 Å². The number of benzene rings is 1. The van der Waals surface area contributed by atoms with Crippen LogP contribution in [0.3, 0.4) is 0 Å². The first-order chi connectivity index (χ1) is 8.27. The second kappa shape index (κ2) is 6.18. The van der Waals surface area contributed by atoms with Gasteiger partial charge in [0.15, 0.2) is 0 Å². The van der Waals surface area contributed by atoms with E-state index in [1.807, 2.05) is 30.3 Å². The summed E-state index contributed by atoms with van der Waals surface area (Å²) < 4.78 is 0. The Labute approximate surface area is 103 Å². The molecule has 0 bridgehead atoms. The molecule has 0 aromatic heterocycles. The molecule has 0 heterocycles. The predicted octanol–water partition coefficient (Wildman–Crippen LogP) is 3.05. The molecule has 94 valence electrons. The Morgan fingerprint density at radius 2 is 1.65 bits per heavy atom. The van der Waals surface area contributed by atoms with Gasteiger partial charge in [0.1, 0.15) is 0 Å². The second-order valence-electron chi connectivity index (χ2n) is 5.13. The highest BCUT2D eigenvalue weighted by atomic mass is 16.3. The molecule has 1 aromatic rings. The van der Waals surface area contributed by atoms with Gasteiger partial charge in [-0.25, -0.2) is 0 Å². The molecule has 0 spiro atoms. The fourth-order valence-corrected chi connectivity index (χ4v) is 2.75. The van der Waals surface area contributed by atoms with E-state index in [4.69, 9.17) is 0 Å². The monoisotopic (exact) mass is 234 g/mol. The first kappa shape index (κ1) is 12.6. The van der Waals surface area contributed by atoms with Crippen molar-refractivity contribution in [3.05, 3.63) is 35.9 Å². The predicted molar refractivity (Wildman–Crippen MR) is 68.6 cm³/mol. The summed E-state index contributed by atoms with van der Waals surface area (Å²) in [5.74, 6) is 0.391. The largest absolute Gasteiger partial charge is 0.393 e. The Kier molecular flexibility index (Phi) is 4.57. The molecule has 0 unspecified atom stereocenters. The molecule has 1 fully saturated rings. The normalized spacial score (nSPS) is 21.1. The van der Waals surface area contributed by atoms with Crippen molar-refractivity contribution in [3.63, 3.8) is 0 Å². The van der Waals surface area contributed by atoms with E-state index in [1.165, 1.54) is 19.3 Å². The lowest BCUT2D eigenvalue weighted by Crippen LogP contribution is -2.25. The van der Waals surface area contributed by atoms with Crippen LogP contribution in [0.4, 0.5) is 0 Å². The third kappa shape index (κ3) is 3.55. The molecule has 2 nitrogen and oxygen atoms in total. The van der Waals surface area contributed by atoms with Gasteiger partial charge in [0.2, 0.25) is 0 Å². The maximum Gasteiger partial charge on any atom is 0.0814 e. The van der Waals surface area contributed by atoms with Crippen molar-refractivity contribution < 1.29 is 10.2 Å². The number of hydrogen-bond donors (Lipinski definition) is 2. The highest BCUT2D eigenvalue weighted by Crippen LogP contribution is 2.30. The summed E-state index contributed by atoms with van der Waals surface area (Å²) in [6, 6.07) is 9.61. The molecule has 2 atom stereocenters. The summed E-state index contributed by atoms with van der Waals surface area (Å²) in [5.41, 5.74) is 0.905. The summed E-state index contributed by atoms with van der Waals surface area (Å²) >= 11 is 0. The van der Waals surface area contributed by atoms with Gasteiger partial charge in [-0.05, 0) is 24.3 Å². The molecule has 2 heteroatoms. The zero-order valence-electron chi connectivity index (χ0n) is 10.3. The zero-order chi connectivity index (χ0) is 12.1. The van der Waals surface area contributed by atoms with E-state index in [0.717, 1.165) is 18.4 Å². The minimum atomic E-state index is -0.534. The topological polar surface area (TPSA) is 40.5 Å². The van der Waals surface area contributed by atoms with Crippen molar-refractivity contribution in [2.45, 2.75) is 50.7 Å². The molecule has 0 radical (unpaired) electrons. The lowest BCUT2D eigenvalue weighted by Gasteiger charge is -2.28. The van der Waals surface area contributed by atoms with Crippen molar-refractivity contribution in [3.8, 4) is 0 Å². The van der Waals surface area contributed by atoms with Crippen LogP contribution in [0.5, 0.6) is 0 Å². The quantitative estimate of drug-likeness (QED) is 0.840. The van der Waals surface area contributed by atoms with Crippen molar-refractivity contribution in [1.29, 1.82) is 0 Å². The Morgan fingerprint density at radius 3 is 2.29 bits per heavy atom. The summed E-state index contributed by atoms with van der Waals surface area (Å²) in [4.78, 5) is 0. The number of rotatable bonds is 4. The van der Waals surface area contributed by atoms with Crippen LogP contribution in [0, 0.1) is 5.92 Å². The number of aliphatic hydroxyl groups excluding tert-OH is 2. The van der Waals surface area contributed by atoms with Gasteiger partial charge in [0.05, 0.1) is 12.2 Å². The van der Waals surface area contributed by atoms with E-state index >= 15 is 0 Å². The van der Waals surface area contributed by atoms with E-state index < -0.39 is 6.10 Å². The zero-order valence-corrected chi connectivity index (χ0v) is 10.3. The fraction of sp³-hybridized carbons (Fsp3) is 0.600. The lowest BCUT2D eigenvalue weighted by atomic mass is 9.83. The molecule has 2 N–H and O–H groups in total. The van der Waals surface area contributed by atoms with E-state index in [0.29, 0.717) is 12.3 Å². The summed E-state index contributed by atoms with van der Waals surface area (Å²) in [5, 5.41) is 20.2. The Balaban J connectivity index is 1.87. The maximum atomic E-state index is 10.1. The van der Waals surface area contributed by atoms with Gasteiger partial charge in [-0.2, -0.15) is 0 Å². The highest BCUT2D eigenvalue weighted by molar-refractivity contribution is 5.17. The maximum absolute atomic E-state index is 10.1. The van der Waals surface area contributed by atoms with Crippen molar-refractivity contribution in [2.75, 3.05) is 0 Å². The number of hydrogen-bond acceptors (Lipinski definition) is 2. The molecule has 0 aliphatic heterocycles. The van der Waals surface area contributed by atoms with Crippen LogP contribution in [-0.2, 0) is 0 Å². The van der Waals surface area contributed by atoms with Crippen LogP contribution < -0.4 is 0 Å². The van der Waals surface area contributed by atoms with Gasteiger partial charge in [-0.3, -0.25) is 0 Å². The van der Waals surface area contributed by atoms with Crippen LogP contribution in [0.2, 0.25) is 0 Å². The fourth-order valence-electron chi connectivity index (χ4n) is 2.75. The molecule has 17 heavy (non-hydrogen) atoms. The van der Waals surface area contributed by atoms with Crippen LogP contribution in [-0.4, -0.2) is 16.3 Å². The van der Waals surface area contributed by atoms with E-state index in [1.54, 1.807) is 0 Å². The molecule has 1 aliphatic carbocycles. The number of aliphatic hydroxyl groups is 2. The molecule has 1 aliphatic rings. The molecule has 2 rings (SSSR count). The Bertz CT molecular complexity index is 317. The molecule has 1 aromatic carbocycles. The molecular formula is C15H22O2. The third-order valence-corrected chi connectivity index (χ3v) is 3.84. The highest BCUT2D eigenvalue weighted by Gasteiger charge is 2.24. The third-order valence-electron chi connectivity index (χ3n) is 3.84. The SMILES string of the molecule is O[C@H](C[C@@H](O)C1CCCCC1)c1ccccc1. The first-order valence-corrected chi connectivity index (χ1v) is 6.68. The molecular weight excluding hydrogens is 212 g/mol. The van der Waals surface area contributed by atoms with Crippen molar-refractivity contribution >= 4 is 0 Å². The van der Waals surface area contributed by atoms with Gasteiger partial charge in [0, 0.05) is 6.42 Å². The van der Waals surface area contributed by atoms with Crippen LogP contribution >= 0.6 is 0 Å². The molecule has 1 saturated carbocycles. The minimum absolute atomic E-state index is 0.356. The average molecular weight is 234 g/mol. The van der Waals surface area contributed by atoms with E-state index in [2.05, 4.69) is 0 Å². The van der Waals surface area contributed by atoms with Crippen LogP contribution in [0.25, 0.3) is 0 Å². The summed E-state index contributed by atoms with van der Waals surface area (Å²) in [6.07, 6.45) is 5.55. The van der Waals surface area contributed by atoms with Crippen molar-refractivity contribution in [1.82, 2.24) is 0 Å². The summed E-state index contributed by atoms with van der Waals surface area (Å²) in [7, 11) is 0. The summed E-state index contributed by atoms with van der Waals surface area (Å²) in [6.45, 7) is 0. The van der Waals surface area contributed by atoms with E-state index in [-0.39, 0.29) is 6.10 Å².